The van der Waals surface area contributed by atoms with Crippen LogP contribution in [0.1, 0.15) is 80.1 Å². The Morgan fingerprint density at radius 3 is 1.33 bits per heavy atom. The van der Waals surface area contributed by atoms with Gasteiger partial charge in [0, 0.05) is 49.3 Å². The van der Waals surface area contributed by atoms with Crippen molar-refractivity contribution in [2.24, 2.45) is 0 Å². The summed E-state index contributed by atoms with van der Waals surface area (Å²) in [7, 11) is 0. The van der Waals surface area contributed by atoms with Crippen molar-refractivity contribution in [3.8, 4) is 0 Å². The van der Waals surface area contributed by atoms with E-state index < -0.39 is 0 Å². The second-order valence-corrected chi connectivity index (χ2v) is 8.21. The molecule has 1 aliphatic heterocycles. The van der Waals surface area contributed by atoms with Crippen LogP contribution < -0.4 is 21.3 Å². The van der Waals surface area contributed by atoms with Crippen molar-refractivity contribution in [1.29, 1.82) is 0 Å². The monoisotopic (exact) mass is 340 g/mol. The number of nitrogens with one attached hydrogen (secondary N) is 4. The van der Waals surface area contributed by atoms with Gasteiger partial charge in [-0.2, -0.15) is 0 Å². The fourth-order valence-corrected chi connectivity index (χ4v) is 3.77. The predicted molar refractivity (Wildman–Crippen MR) is 107 cm³/mol. The third-order valence-electron chi connectivity index (χ3n) is 6.16. The Morgan fingerprint density at radius 2 is 1.04 bits per heavy atom. The predicted octanol–water partition coefficient (Wildman–Crippen LogP) is 3.03. The van der Waals surface area contributed by atoms with Crippen LogP contribution in [0, 0.1) is 0 Å². The van der Waals surface area contributed by atoms with Gasteiger partial charge in [0.25, 0.3) is 0 Å². The molecule has 0 radical (unpaired) electrons. The maximum Gasteiger partial charge on any atom is 0.0166 e. The molecule has 0 aromatic rings. The van der Waals surface area contributed by atoms with Gasteiger partial charge < -0.3 is 21.3 Å². The fourth-order valence-electron chi connectivity index (χ4n) is 3.77. The van der Waals surface area contributed by atoms with E-state index in [-0.39, 0.29) is 11.1 Å². The molecular formula is C20H44N4. The molecule has 0 saturated carbocycles. The molecule has 0 aromatic carbocycles. The van der Waals surface area contributed by atoms with Crippen LogP contribution in [0.15, 0.2) is 0 Å². The molecule has 4 heteroatoms. The van der Waals surface area contributed by atoms with Crippen molar-refractivity contribution >= 4 is 0 Å². The van der Waals surface area contributed by atoms with E-state index in [9.17, 15) is 0 Å². The van der Waals surface area contributed by atoms with Gasteiger partial charge in [-0.15, -0.1) is 0 Å². The normalized spacial score (nSPS) is 37.8. The second-order valence-electron chi connectivity index (χ2n) is 8.21. The largest absolute Gasteiger partial charge is 0.313 e. The van der Waals surface area contributed by atoms with Crippen LogP contribution in [-0.2, 0) is 0 Å². The summed E-state index contributed by atoms with van der Waals surface area (Å²) in [5.41, 5.74) is 0.457. The minimum atomic E-state index is 0.229. The first-order valence-electron chi connectivity index (χ1n) is 10.4. The van der Waals surface area contributed by atoms with Crippen molar-refractivity contribution in [3.63, 3.8) is 0 Å². The zero-order chi connectivity index (χ0) is 18.1. The zero-order valence-electron chi connectivity index (χ0n) is 17.2. The Labute approximate surface area is 151 Å². The van der Waals surface area contributed by atoms with Gasteiger partial charge in [-0.1, -0.05) is 27.7 Å². The minimum Gasteiger partial charge on any atom is -0.313 e. The van der Waals surface area contributed by atoms with Gasteiger partial charge in [0.15, 0.2) is 0 Å². The van der Waals surface area contributed by atoms with Gasteiger partial charge in [0.1, 0.15) is 0 Å². The highest BCUT2D eigenvalue weighted by atomic mass is 15.1. The van der Waals surface area contributed by atoms with Crippen LogP contribution in [-0.4, -0.2) is 49.3 Å². The topological polar surface area (TPSA) is 48.1 Å². The second kappa shape index (κ2) is 10.7. The summed E-state index contributed by atoms with van der Waals surface area (Å²) in [6.07, 6.45) is 7.13. The number of rotatable bonds is 4. The Hall–Kier alpha value is -0.160. The average Bonchev–Trinajstić information content (AvgIpc) is 2.59. The molecule has 24 heavy (non-hydrogen) atoms. The van der Waals surface area contributed by atoms with E-state index in [2.05, 4.69) is 62.8 Å². The SMILES string of the molecule is CCC1CC(C)(CC)NCCNC(CC)CC(C)(CC)NCCN1. The molecule has 0 spiro atoms. The van der Waals surface area contributed by atoms with Gasteiger partial charge in [0.2, 0.25) is 0 Å². The molecule has 1 aliphatic rings. The van der Waals surface area contributed by atoms with Gasteiger partial charge in [0.05, 0.1) is 0 Å². The van der Waals surface area contributed by atoms with Crippen LogP contribution >= 0.6 is 0 Å². The highest BCUT2D eigenvalue weighted by molar-refractivity contribution is 4.90. The molecule has 0 bridgehead atoms. The first-order valence-corrected chi connectivity index (χ1v) is 10.4. The van der Waals surface area contributed by atoms with Crippen molar-refractivity contribution in [2.45, 2.75) is 103 Å². The van der Waals surface area contributed by atoms with Gasteiger partial charge >= 0.3 is 0 Å². The Balaban J connectivity index is 2.76. The molecule has 0 aliphatic carbocycles. The van der Waals surface area contributed by atoms with E-state index in [1.54, 1.807) is 0 Å². The molecular weight excluding hydrogens is 296 g/mol. The van der Waals surface area contributed by atoms with E-state index in [0.717, 1.165) is 26.2 Å². The lowest BCUT2D eigenvalue weighted by Crippen LogP contribution is -2.53. The lowest BCUT2D eigenvalue weighted by Gasteiger charge is -2.37. The fraction of sp³-hybridized carbons (Fsp3) is 1.00. The van der Waals surface area contributed by atoms with Crippen LogP contribution in [0.4, 0.5) is 0 Å². The molecule has 4 nitrogen and oxygen atoms in total. The van der Waals surface area contributed by atoms with Crippen LogP contribution in [0.25, 0.3) is 0 Å². The van der Waals surface area contributed by atoms with Gasteiger partial charge in [-0.25, -0.2) is 0 Å². The maximum atomic E-state index is 3.83. The van der Waals surface area contributed by atoms with E-state index in [1.807, 2.05) is 0 Å². The third kappa shape index (κ3) is 7.38. The Morgan fingerprint density at radius 1 is 0.667 bits per heavy atom. The molecule has 1 heterocycles. The number of hydrogen-bond donors (Lipinski definition) is 4. The van der Waals surface area contributed by atoms with E-state index in [0.29, 0.717) is 12.1 Å². The highest BCUT2D eigenvalue weighted by Crippen LogP contribution is 2.20. The quantitative estimate of drug-likeness (QED) is 0.635. The van der Waals surface area contributed by atoms with Gasteiger partial charge in [-0.3, -0.25) is 0 Å². The lowest BCUT2D eigenvalue weighted by atomic mass is 9.88. The summed E-state index contributed by atoms with van der Waals surface area (Å²) in [5.74, 6) is 0. The minimum absolute atomic E-state index is 0.229. The number of hydrogen-bond acceptors (Lipinski definition) is 4. The molecule has 1 rings (SSSR count). The third-order valence-corrected chi connectivity index (χ3v) is 6.16. The molecule has 4 atom stereocenters. The van der Waals surface area contributed by atoms with E-state index >= 15 is 0 Å². The van der Waals surface area contributed by atoms with Crippen molar-refractivity contribution in [2.75, 3.05) is 26.2 Å². The zero-order valence-corrected chi connectivity index (χ0v) is 17.2. The van der Waals surface area contributed by atoms with Crippen LogP contribution in [0.5, 0.6) is 0 Å². The summed E-state index contributed by atoms with van der Waals surface area (Å²) in [5, 5.41) is 15.2. The molecule has 4 unspecified atom stereocenters. The molecule has 4 N–H and O–H groups in total. The molecule has 1 fully saturated rings. The summed E-state index contributed by atoms with van der Waals surface area (Å²) in [4.78, 5) is 0. The van der Waals surface area contributed by atoms with Crippen LogP contribution in [0.2, 0.25) is 0 Å². The average molecular weight is 341 g/mol. The summed E-state index contributed by atoms with van der Waals surface area (Å²) in [6.45, 7) is 18.2. The van der Waals surface area contributed by atoms with Crippen molar-refractivity contribution < 1.29 is 0 Å². The molecule has 0 aromatic heterocycles. The summed E-state index contributed by atoms with van der Waals surface area (Å²) < 4.78 is 0. The lowest BCUT2D eigenvalue weighted by molar-refractivity contribution is 0.244. The molecule has 0 amide bonds. The Kier molecular flexibility index (Phi) is 9.80. The smallest absolute Gasteiger partial charge is 0.0166 e. The summed E-state index contributed by atoms with van der Waals surface area (Å²) in [6, 6.07) is 1.19. The van der Waals surface area contributed by atoms with E-state index in [1.165, 1.54) is 38.5 Å². The molecule has 1 saturated heterocycles. The summed E-state index contributed by atoms with van der Waals surface area (Å²) >= 11 is 0. The first-order chi connectivity index (χ1) is 11.4. The Bertz CT molecular complexity index is 304. The highest BCUT2D eigenvalue weighted by Gasteiger charge is 2.27. The standard InChI is InChI=1S/C20H44N4/c1-7-17-15-19(5,9-3)23-14-12-22-18(8-2)16-20(6,10-4)24-13-11-21-17/h17-18,21-24H,7-16H2,1-6H3. The molecule has 144 valence electrons. The maximum absolute atomic E-state index is 3.83. The van der Waals surface area contributed by atoms with Crippen LogP contribution in [0.3, 0.4) is 0 Å². The van der Waals surface area contributed by atoms with Crippen molar-refractivity contribution in [1.82, 2.24) is 21.3 Å². The van der Waals surface area contributed by atoms with Gasteiger partial charge in [-0.05, 0) is 52.4 Å². The van der Waals surface area contributed by atoms with Crippen molar-refractivity contribution in [3.05, 3.63) is 0 Å². The first kappa shape index (κ1) is 21.9. The van der Waals surface area contributed by atoms with E-state index in [4.69, 9.17) is 0 Å².